The van der Waals surface area contributed by atoms with E-state index in [9.17, 15) is 24.0 Å². The first-order chi connectivity index (χ1) is 31.7. The number of carbonyl (C=O) groups is 5. The Kier molecular flexibility index (Phi) is 19.9. The number of fused-ring (bicyclic) bond motifs is 1. The predicted octanol–water partition coefficient (Wildman–Crippen LogP) is 6.06. The SMILES string of the molecule is CCOCCNc1nc2c(s1)C=CCC2C(=O)NCCCCCCNC(=O)[C@@H](NC(=O)C1CCCN1C(=O)[C@@H](NC(=O)[C@H](C)NC)C1CCCCC1)C(C1=CCCC=C1)C1C=CC=CC1. The van der Waals surface area contributed by atoms with Crippen molar-refractivity contribution in [3.63, 3.8) is 0 Å². The van der Waals surface area contributed by atoms with E-state index in [2.05, 4.69) is 62.3 Å². The summed E-state index contributed by atoms with van der Waals surface area (Å²) in [5, 5.41) is 19.7. The zero-order chi connectivity index (χ0) is 46.0. The highest BCUT2D eigenvalue weighted by atomic mass is 32.1. The third-order valence-electron chi connectivity index (χ3n) is 13.6. The number of likely N-dealkylation sites (tertiary alicyclic amines) is 1. The largest absolute Gasteiger partial charge is 0.380 e. The Bertz CT molecular complexity index is 1920. The molecule has 1 saturated carbocycles. The highest BCUT2D eigenvalue weighted by Gasteiger charge is 2.44. The molecule has 5 aliphatic rings. The van der Waals surface area contributed by atoms with E-state index in [1.165, 1.54) is 0 Å². The summed E-state index contributed by atoms with van der Waals surface area (Å²) in [6.07, 6.45) is 31.2. The monoisotopic (exact) mass is 915 g/mol. The van der Waals surface area contributed by atoms with Crippen molar-refractivity contribution in [1.82, 2.24) is 36.5 Å². The summed E-state index contributed by atoms with van der Waals surface area (Å²) < 4.78 is 5.42. The topological polar surface area (TPSA) is 183 Å². The number of thiazole rings is 1. The number of ether oxygens (including phenoxy) is 1. The van der Waals surface area contributed by atoms with Gasteiger partial charge in [0.25, 0.3) is 0 Å². The Hall–Kier alpha value is -4.60. The molecule has 6 rings (SSSR count). The molecule has 356 valence electrons. The molecule has 7 atom stereocenters. The summed E-state index contributed by atoms with van der Waals surface area (Å²) in [5.41, 5.74) is 1.86. The van der Waals surface area contributed by atoms with Crippen molar-refractivity contribution in [2.75, 3.05) is 51.8 Å². The van der Waals surface area contributed by atoms with Crippen molar-refractivity contribution in [3.8, 4) is 0 Å². The molecular formula is C50H74N8O6S. The minimum absolute atomic E-state index is 0.00574. The molecular weight excluding hydrogens is 841 g/mol. The van der Waals surface area contributed by atoms with E-state index in [1.807, 2.05) is 31.2 Å². The van der Waals surface area contributed by atoms with Gasteiger partial charge in [-0.3, -0.25) is 24.0 Å². The standard InChI is InChI=1S/C50H74N8O6S/c1-4-64-33-31-54-50-57-43-38(26-18-28-40(43)65-50)46(60)52-29-16-5-6-17-30-53-48(62)44(41(35-20-10-7-11-21-35)36-22-12-8-13-23-36)56-47(61)39-27-19-32-58(39)49(63)42(37-24-14-9-15-25-37)55-45(59)34(2)51-3/h7,10-12,18,20,22-23,28,34-35,37-39,41-42,44,51H,4-6,8-9,13-17,19,21,24-27,29-33H2,1-3H3,(H,52,60)(H,53,62)(H,54,57)(H,55,59)(H,56,61)/t34-,35?,38?,39?,41?,42-,44-/m0/s1. The molecule has 14 nitrogen and oxygen atoms in total. The third-order valence-corrected chi connectivity index (χ3v) is 14.6. The summed E-state index contributed by atoms with van der Waals surface area (Å²) in [6, 6.07) is -2.79. The van der Waals surface area contributed by atoms with E-state index >= 15 is 0 Å². The Balaban J connectivity index is 1.05. The summed E-state index contributed by atoms with van der Waals surface area (Å²) in [5.74, 6) is -1.66. The molecule has 1 aromatic rings. The van der Waals surface area contributed by atoms with E-state index in [0.29, 0.717) is 58.7 Å². The van der Waals surface area contributed by atoms with Gasteiger partial charge in [-0.05, 0) is 109 Å². The molecule has 15 heteroatoms. The molecule has 0 spiro atoms. The maximum Gasteiger partial charge on any atom is 0.246 e. The smallest absolute Gasteiger partial charge is 0.246 e. The van der Waals surface area contributed by atoms with Crippen molar-refractivity contribution in [1.29, 1.82) is 0 Å². The van der Waals surface area contributed by atoms with Crippen LogP contribution in [0.4, 0.5) is 5.13 Å². The van der Waals surface area contributed by atoms with Gasteiger partial charge in [-0.15, -0.1) is 0 Å². The second kappa shape index (κ2) is 25.9. The first kappa shape index (κ1) is 49.8. The molecule has 5 amide bonds. The zero-order valence-electron chi connectivity index (χ0n) is 38.9. The Morgan fingerprint density at radius 3 is 2.37 bits per heavy atom. The average Bonchev–Trinajstić information content (AvgIpc) is 4.01. The summed E-state index contributed by atoms with van der Waals surface area (Å²) in [6.45, 7) is 7.11. The van der Waals surface area contributed by atoms with Crippen molar-refractivity contribution >= 4 is 52.1 Å². The van der Waals surface area contributed by atoms with Crippen LogP contribution in [0.1, 0.15) is 127 Å². The van der Waals surface area contributed by atoms with Gasteiger partial charge >= 0.3 is 0 Å². The van der Waals surface area contributed by atoms with Gasteiger partial charge in [0.05, 0.1) is 29.1 Å². The van der Waals surface area contributed by atoms with Gasteiger partial charge in [0, 0.05) is 38.7 Å². The van der Waals surface area contributed by atoms with Gasteiger partial charge in [0.1, 0.15) is 18.1 Å². The maximum atomic E-state index is 14.6. The number of carbonyl (C=O) groups excluding carboxylic acids is 5. The van der Waals surface area contributed by atoms with Gasteiger partial charge in [-0.2, -0.15) is 0 Å². The average molecular weight is 915 g/mol. The number of allylic oxidation sites excluding steroid dienone is 8. The molecule has 4 unspecified atom stereocenters. The number of nitrogens with one attached hydrogen (secondary N) is 6. The van der Waals surface area contributed by atoms with Crippen molar-refractivity contribution < 1.29 is 28.7 Å². The van der Waals surface area contributed by atoms with Gasteiger partial charge in [-0.25, -0.2) is 4.98 Å². The number of anilines is 1. The number of nitrogens with zero attached hydrogens (tertiary/aromatic N) is 2. The molecule has 1 aliphatic heterocycles. The second-order valence-corrected chi connectivity index (χ2v) is 19.1. The fraction of sp³-hybridized carbons (Fsp3) is 0.640. The van der Waals surface area contributed by atoms with E-state index in [-0.39, 0.29) is 53.2 Å². The van der Waals surface area contributed by atoms with Crippen molar-refractivity contribution in [2.24, 2.45) is 17.8 Å². The highest BCUT2D eigenvalue weighted by molar-refractivity contribution is 7.16. The minimum Gasteiger partial charge on any atom is -0.380 e. The van der Waals surface area contributed by atoms with Crippen molar-refractivity contribution in [3.05, 3.63) is 64.8 Å². The zero-order valence-corrected chi connectivity index (χ0v) is 39.7. The fourth-order valence-corrected chi connectivity index (χ4v) is 10.8. The van der Waals surface area contributed by atoms with E-state index in [1.54, 1.807) is 30.2 Å². The Labute approximate surface area is 390 Å². The van der Waals surface area contributed by atoms with E-state index < -0.39 is 24.2 Å². The lowest BCUT2D eigenvalue weighted by Gasteiger charge is -2.37. The molecule has 6 N–H and O–H groups in total. The number of unbranched alkanes of at least 4 members (excludes halogenated alkanes) is 3. The summed E-state index contributed by atoms with van der Waals surface area (Å²) >= 11 is 1.56. The molecule has 0 bridgehead atoms. The van der Waals surface area contributed by atoms with Gasteiger partial charge in [0.15, 0.2) is 5.13 Å². The van der Waals surface area contributed by atoms with Gasteiger partial charge < -0.3 is 41.5 Å². The Morgan fingerprint density at radius 1 is 0.846 bits per heavy atom. The van der Waals surface area contributed by atoms with Gasteiger partial charge in [0.2, 0.25) is 29.5 Å². The lowest BCUT2D eigenvalue weighted by molar-refractivity contribution is -0.144. The summed E-state index contributed by atoms with van der Waals surface area (Å²) in [7, 11) is 1.72. The number of aromatic nitrogens is 1. The van der Waals surface area contributed by atoms with Crippen LogP contribution in [0.3, 0.4) is 0 Å². The van der Waals surface area contributed by atoms with Crippen molar-refractivity contribution in [2.45, 2.75) is 140 Å². The van der Waals surface area contributed by atoms with E-state index in [0.717, 1.165) is 98.3 Å². The first-order valence-corrected chi connectivity index (χ1v) is 25.3. The molecule has 2 heterocycles. The first-order valence-electron chi connectivity index (χ1n) is 24.5. The lowest BCUT2D eigenvalue weighted by Crippen LogP contribution is -2.60. The van der Waals surface area contributed by atoms with Crippen LogP contribution < -0.4 is 31.9 Å². The molecule has 65 heavy (non-hydrogen) atoms. The van der Waals surface area contributed by atoms with Crippen LogP contribution in [0.2, 0.25) is 0 Å². The van der Waals surface area contributed by atoms with Crippen LogP contribution in [0.15, 0.2) is 54.2 Å². The molecule has 1 aromatic heterocycles. The van der Waals surface area contributed by atoms with Crippen LogP contribution in [0, 0.1) is 17.8 Å². The number of rotatable bonds is 24. The van der Waals surface area contributed by atoms with Crippen LogP contribution >= 0.6 is 11.3 Å². The van der Waals surface area contributed by atoms with Crippen LogP contribution in [0.5, 0.6) is 0 Å². The number of hydrogen-bond donors (Lipinski definition) is 6. The molecule has 4 aliphatic carbocycles. The van der Waals surface area contributed by atoms with Gasteiger partial charge in [-0.1, -0.05) is 92.0 Å². The van der Waals surface area contributed by atoms with E-state index in [4.69, 9.17) is 9.72 Å². The quantitative estimate of drug-likeness (QED) is 0.0672. The lowest BCUT2D eigenvalue weighted by atomic mass is 9.75. The number of likely N-dealkylation sites (N-methyl/N-ethyl adjacent to an activating group) is 1. The number of amides is 5. The maximum absolute atomic E-state index is 14.6. The number of hydrogen-bond acceptors (Lipinski definition) is 10. The van der Waals surface area contributed by atoms with Crippen LogP contribution in [-0.2, 0) is 28.7 Å². The van der Waals surface area contributed by atoms with Crippen LogP contribution in [0.25, 0.3) is 6.08 Å². The van der Waals surface area contributed by atoms with Crippen LogP contribution in [-0.4, -0.2) is 110 Å². The fourth-order valence-electron chi connectivity index (χ4n) is 9.82. The minimum atomic E-state index is -0.870. The Morgan fingerprint density at radius 2 is 1.65 bits per heavy atom. The molecule has 0 radical (unpaired) electrons. The third kappa shape index (κ3) is 14.0. The highest BCUT2D eigenvalue weighted by Crippen LogP contribution is 2.37. The second-order valence-electron chi connectivity index (χ2n) is 18.1. The molecule has 1 saturated heterocycles. The molecule has 2 fully saturated rings. The normalized spacial score (nSPS) is 22.3. The summed E-state index contributed by atoms with van der Waals surface area (Å²) in [4.78, 5) is 77.4. The molecule has 0 aromatic carbocycles. The predicted molar refractivity (Wildman–Crippen MR) is 258 cm³/mol.